The lowest BCUT2D eigenvalue weighted by Crippen LogP contribution is -2.67. The van der Waals surface area contributed by atoms with Crippen molar-refractivity contribution in [1.82, 2.24) is 5.32 Å². The summed E-state index contributed by atoms with van der Waals surface area (Å²) in [7, 11) is 4.31. The lowest BCUT2D eigenvalue weighted by Gasteiger charge is -2.57. The average Bonchev–Trinajstić information content (AvgIpc) is 3.60. The fourth-order valence-electron chi connectivity index (χ4n) is 12.3. The number of carbonyl (C=O) groups excluding carboxylic acids is 1. The fraction of sp³-hybridized carbons (Fsp3) is 0.886. The summed E-state index contributed by atoms with van der Waals surface area (Å²) in [5.41, 5.74) is 9.54. The highest BCUT2D eigenvalue weighted by Crippen LogP contribution is 2.76. The highest BCUT2D eigenvalue weighted by molar-refractivity contribution is 8.77. The number of fused-ring (bicyclic) bond motifs is 1. The van der Waals surface area contributed by atoms with Crippen molar-refractivity contribution in [3.8, 4) is 0 Å². The summed E-state index contributed by atoms with van der Waals surface area (Å²) in [6.07, 6.45) is 20.3. The Labute approximate surface area is 267 Å². The third-order valence-electron chi connectivity index (χ3n) is 14.5. The Morgan fingerprint density at radius 1 is 1.02 bits per heavy atom. The quantitative estimate of drug-likeness (QED) is 0.262. The third-order valence-corrected chi connectivity index (χ3v) is 18.0. The van der Waals surface area contributed by atoms with E-state index in [9.17, 15) is 15.0 Å². The number of guanidine groups is 1. The summed E-state index contributed by atoms with van der Waals surface area (Å²) in [6.45, 7) is 3.70. The largest absolute Gasteiger partial charge is 0.396 e. The summed E-state index contributed by atoms with van der Waals surface area (Å²) >= 11 is 0. The fourth-order valence-corrected chi connectivity index (χ4v) is 16.0. The molecular formula is C35H55N3O3S2. The van der Waals surface area contributed by atoms with Crippen LogP contribution in [-0.2, 0) is 4.79 Å². The van der Waals surface area contributed by atoms with Gasteiger partial charge in [-0.2, -0.15) is 0 Å². The molecule has 2 aliphatic heterocycles. The zero-order chi connectivity index (χ0) is 29.9. The van der Waals surface area contributed by atoms with E-state index in [1.165, 1.54) is 56.9 Å². The third kappa shape index (κ3) is 4.64. The summed E-state index contributed by atoms with van der Waals surface area (Å²) in [5.74, 6) is 3.14. The summed E-state index contributed by atoms with van der Waals surface area (Å²) < 4.78 is 0.126. The number of allylic oxidation sites excluding steroid dienone is 2. The van der Waals surface area contributed by atoms with Crippen LogP contribution in [0.4, 0.5) is 0 Å². The van der Waals surface area contributed by atoms with Gasteiger partial charge in [-0.15, -0.1) is 0 Å². The summed E-state index contributed by atoms with van der Waals surface area (Å²) in [6, 6.07) is 0. The Bertz CT molecular complexity index is 1160. The summed E-state index contributed by atoms with van der Waals surface area (Å²) in [5, 5.41) is 24.3. The van der Waals surface area contributed by atoms with E-state index in [0.717, 1.165) is 75.7 Å². The van der Waals surface area contributed by atoms with Gasteiger partial charge in [0.05, 0.1) is 5.54 Å². The van der Waals surface area contributed by atoms with E-state index in [1.54, 1.807) is 0 Å². The second-order valence-corrected chi connectivity index (χ2v) is 18.7. The second kappa shape index (κ2) is 11.5. The minimum absolute atomic E-state index is 0.0681. The van der Waals surface area contributed by atoms with Crippen LogP contribution >= 0.6 is 21.6 Å². The van der Waals surface area contributed by atoms with Gasteiger partial charge in [0.25, 0.3) is 0 Å². The van der Waals surface area contributed by atoms with Crippen molar-refractivity contribution in [2.75, 3.05) is 25.5 Å². The molecule has 4 saturated carbocycles. The van der Waals surface area contributed by atoms with E-state index < -0.39 is 0 Å². The molecule has 0 aromatic heterocycles. The number of hydrogen-bond donors (Lipinski definition) is 4. The molecule has 5 bridgehead atoms. The highest BCUT2D eigenvalue weighted by atomic mass is 33.1. The van der Waals surface area contributed by atoms with Gasteiger partial charge in [0.1, 0.15) is 0 Å². The zero-order valence-corrected chi connectivity index (χ0v) is 28.1. The smallest absolute Gasteiger partial charge is 0.189 e. The molecule has 240 valence electrons. The molecule has 7 aliphatic rings. The molecule has 5 aliphatic carbocycles. The molecule has 8 heteroatoms. The zero-order valence-electron chi connectivity index (χ0n) is 26.4. The molecule has 6 nitrogen and oxygen atoms in total. The maximum absolute atomic E-state index is 14.1. The lowest BCUT2D eigenvalue weighted by atomic mass is 9.47. The van der Waals surface area contributed by atoms with Crippen molar-refractivity contribution < 1.29 is 15.0 Å². The standard InChI is InChI=1S/C35H55N3O3S2/c1-31-16-19-42-43-34(13-11-32(12-14-34)8-2-3-9-32)33(15-17-37-30(36)38-33)10-4-6-26-28-21-25(31)20-24(23-40)27(7-5-18-39)35(28,31)22-29(26)41/h24-25,27,39-40H,2-23H2,1H3,(H3,36,37,38). The van der Waals surface area contributed by atoms with E-state index in [2.05, 4.69) is 38.8 Å². The number of aliphatic hydroxyl groups excluding tert-OH is 2. The van der Waals surface area contributed by atoms with Gasteiger partial charge in [0, 0.05) is 42.1 Å². The van der Waals surface area contributed by atoms with E-state index in [4.69, 9.17) is 5.73 Å². The summed E-state index contributed by atoms with van der Waals surface area (Å²) in [4.78, 5) is 18.7. The minimum Gasteiger partial charge on any atom is -0.396 e. The number of aliphatic hydroxyl groups is 2. The first kappa shape index (κ1) is 30.9. The van der Waals surface area contributed by atoms with Gasteiger partial charge in [-0.3, -0.25) is 9.79 Å². The van der Waals surface area contributed by atoms with Gasteiger partial charge in [-0.25, -0.2) is 0 Å². The molecule has 0 radical (unpaired) electrons. The molecule has 6 unspecified atom stereocenters. The van der Waals surface area contributed by atoms with E-state index in [0.29, 0.717) is 29.5 Å². The Kier molecular flexibility index (Phi) is 8.29. The van der Waals surface area contributed by atoms with Crippen LogP contribution in [0.1, 0.15) is 122 Å². The number of rotatable bonds is 4. The molecule has 4 spiro atoms. The Morgan fingerprint density at radius 3 is 2.53 bits per heavy atom. The molecule has 0 saturated heterocycles. The van der Waals surface area contributed by atoms with Crippen LogP contribution in [0, 0.1) is 34.0 Å². The molecule has 43 heavy (non-hydrogen) atoms. The first-order valence-corrected chi connectivity index (χ1v) is 19.9. The molecule has 5 N–H and O–H groups in total. The Morgan fingerprint density at radius 2 is 1.81 bits per heavy atom. The van der Waals surface area contributed by atoms with Gasteiger partial charge >= 0.3 is 0 Å². The van der Waals surface area contributed by atoms with E-state index in [-0.39, 0.29) is 46.2 Å². The van der Waals surface area contributed by atoms with Crippen LogP contribution < -0.4 is 11.1 Å². The predicted molar refractivity (Wildman–Crippen MR) is 178 cm³/mol. The maximum atomic E-state index is 14.1. The Hall–Kier alpha value is -0.700. The molecule has 0 aromatic carbocycles. The SMILES string of the molecule is CC12CCSSC3(CCC4(CCCC4)CC3)C3(CCCC4=C5CC1CC(CO)C(CCCO)C52CC4=O)CCN=C(N)N3. The van der Waals surface area contributed by atoms with Crippen molar-refractivity contribution in [3.05, 3.63) is 11.1 Å². The average molecular weight is 630 g/mol. The van der Waals surface area contributed by atoms with Gasteiger partial charge in [0.15, 0.2) is 11.7 Å². The number of aliphatic imine (C=N–C) groups is 1. The highest BCUT2D eigenvalue weighted by Gasteiger charge is 2.70. The van der Waals surface area contributed by atoms with Crippen LogP contribution in [0.2, 0.25) is 0 Å². The number of hydrogen-bond acceptors (Lipinski definition) is 8. The molecule has 7 rings (SSSR count). The van der Waals surface area contributed by atoms with E-state index in [1.807, 2.05) is 0 Å². The van der Waals surface area contributed by atoms with Crippen LogP contribution in [0.3, 0.4) is 0 Å². The molecule has 4 fully saturated rings. The molecule has 0 amide bonds. The van der Waals surface area contributed by atoms with Gasteiger partial charge in [-0.1, -0.05) is 46.9 Å². The molecule has 2 heterocycles. The normalized spacial score (nSPS) is 42.1. The predicted octanol–water partition coefficient (Wildman–Crippen LogP) is 6.54. The lowest BCUT2D eigenvalue weighted by molar-refractivity contribution is -0.125. The Balaban J connectivity index is 1.25. The number of carbonyl (C=O) groups is 1. The maximum Gasteiger partial charge on any atom is 0.189 e. The van der Waals surface area contributed by atoms with Gasteiger partial charge in [-0.05, 0) is 130 Å². The molecule has 6 atom stereocenters. The topological polar surface area (TPSA) is 108 Å². The van der Waals surface area contributed by atoms with E-state index >= 15 is 0 Å². The van der Waals surface area contributed by atoms with Crippen molar-refractivity contribution in [3.63, 3.8) is 0 Å². The van der Waals surface area contributed by atoms with Gasteiger partial charge < -0.3 is 21.3 Å². The number of nitrogens with zero attached hydrogens (tertiary/aromatic N) is 1. The number of Topliss-reactive ketones (excluding diaryl/α,β-unsaturated/α-hetero) is 1. The van der Waals surface area contributed by atoms with Crippen LogP contribution in [0.15, 0.2) is 16.1 Å². The minimum atomic E-state index is -0.139. The monoisotopic (exact) mass is 629 g/mol. The molecule has 0 aromatic rings. The van der Waals surface area contributed by atoms with Crippen molar-refractivity contribution in [1.29, 1.82) is 0 Å². The van der Waals surface area contributed by atoms with Crippen LogP contribution in [0.5, 0.6) is 0 Å². The first-order valence-electron chi connectivity index (χ1n) is 17.6. The molecular weight excluding hydrogens is 575 g/mol. The number of ketones is 1. The second-order valence-electron chi connectivity index (χ2n) is 15.9. The number of nitrogens with one attached hydrogen (secondary N) is 1. The van der Waals surface area contributed by atoms with Gasteiger partial charge in [0.2, 0.25) is 0 Å². The van der Waals surface area contributed by atoms with Crippen molar-refractivity contribution in [2.45, 2.75) is 133 Å². The van der Waals surface area contributed by atoms with Crippen LogP contribution in [0.25, 0.3) is 0 Å². The van der Waals surface area contributed by atoms with Crippen molar-refractivity contribution >= 4 is 33.3 Å². The van der Waals surface area contributed by atoms with Crippen LogP contribution in [-0.4, -0.2) is 57.8 Å². The number of nitrogens with two attached hydrogens (primary N) is 1. The first-order chi connectivity index (χ1) is 20.8. The van der Waals surface area contributed by atoms with Crippen molar-refractivity contribution in [2.24, 2.45) is 44.7 Å².